The van der Waals surface area contributed by atoms with E-state index >= 15 is 0 Å². The molecule has 0 saturated carbocycles. The molecule has 0 bridgehead atoms. The Morgan fingerprint density at radius 1 is 1.09 bits per heavy atom. The van der Waals surface area contributed by atoms with Crippen LogP contribution in [0, 0.1) is 0 Å². The van der Waals surface area contributed by atoms with Crippen molar-refractivity contribution in [3.8, 4) is 0 Å². The van der Waals surface area contributed by atoms with Crippen LogP contribution in [0.1, 0.15) is 11.0 Å². The maximum absolute atomic E-state index is 12.0. The van der Waals surface area contributed by atoms with Gasteiger partial charge < -0.3 is 5.11 Å². The Hall–Kier alpha value is -0.460. The first-order valence-corrected chi connectivity index (χ1v) is 2.09. The van der Waals surface area contributed by atoms with Gasteiger partial charge in [-0.2, -0.15) is 26.3 Å². The van der Waals surface area contributed by atoms with E-state index in [2.05, 4.69) is 5.11 Å². The van der Waals surface area contributed by atoms with Crippen molar-refractivity contribution in [2.75, 3.05) is 0 Å². The fourth-order valence-corrected chi connectivity index (χ4v) is 0.161. The zero-order chi connectivity index (χ0) is 12.7. The van der Waals surface area contributed by atoms with Crippen LogP contribution in [-0.4, -0.2) is 24.5 Å². The molecule has 0 unspecified atom stereocenters. The molecule has 0 amide bonds. The van der Waals surface area contributed by atoms with Crippen molar-refractivity contribution in [1.82, 2.24) is 0 Å². The number of alkyl halides is 6. The van der Waals surface area contributed by atoms with Crippen LogP contribution in [-0.2, 0) is 0 Å². The third kappa shape index (κ3) is 1.76. The summed E-state index contributed by atoms with van der Waals surface area (Å²) in [5.41, 5.74) is -5.48. The summed E-state index contributed by atoms with van der Waals surface area (Å²) in [7, 11) is 0. The topological polar surface area (TPSA) is 20.2 Å². The molecule has 7 heteroatoms. The maximum atomic E-state index is 12.0. The molecule has 0 atom stereocenters. The van der Waals surface area contributed by atoms with Gasteiger partial charge in [-0.25, -0.2) is 0 Å². The van der Waals surface area contributed by atoms with Gasteiger partial charge in [0.15, 0.2) is 0 Å². The lowest BCUT2D eigenvalue weighted by Crippen LogP contribution is -2.54. The van der Waals surface area contributed by atoms with Crippen LogP contribution < -0.4 is 0 Å². The molecule has 0 aromatic carbocycles. The van der Waals surface area contributed by atoms with Crippen LogP contribution in [0.3, 0.4) is 0 Å². The number of rotatable bonds is 1. The molecule has 0 saturated heterocycles. The van der Waals surface area contributed by atoms with Gasteiger partial charge in [-0.1, -0.05) is 0 Å². The number of aliphatic hydroxyl groups is 1. The first-order chi connectivity index (χ1) is 6.31. The predicted octanol–water partition coefficient (Wildman–Crippen LogP) is 1.86. The number of halogens is 6. The highest BCUT2D eigenvalue weighted by Crippen LogP contribution is 2.42. The molecule has 1 nitrogen and oxygen atoms in total. The van der Waals surface area contributed by atoms with Gasteiger partial charge in [0.2, 0.25) is 1.43 Å². The minimum Gasteiger partial charge on any atom is -0.374 e. The maximum Gasteiger partial charge on any atom is 0.425 e. The normalized spacial score (nSPS) is 21.6. The van der Waals surface area contributed by atoms with Gasteiger partial charge in [0, 0.05) is 4.11 Å². The van der Waals surface area contributed by atoms with Gasteiger partial charge in [0.05, 0.1) is 0 Å². The van der Waals surface area contributed by atoms with Crippen molar-refractivity contribution in [2.45, 2.75) is 24.8 Å². The first kappa shape index (κ1) is 5.23. The number of hydrogen-bond acceptors (Lipinski definition) is 1. The lowest BCUT2D eigenvalue weighted by Gasteiger charge is -2.28. The first-order valence-electron chi connectivity index (χ1n) is 4.00. The molecule has 0 rings (SSSR count). The van der Waals surface area contributed by atoms with Crippen molar-refractivity contribution >= 4 is 0 Å². The van der Waals surface area contributed by atoms with Crippen molar-refractivity contribution in [3.63, 3.8) is 0 Å². The molecule has 0 aromatic heterocycles. The highest BCUT2D eigenvalue weighted by molar-refractivity contribution is 4.88. The Labute approximate surface area is 63.3 Å². The Morgan fingerprint density at radius 2 is 1.45 bits per heavy atom. The lowest BCUT2D eigenvalue weighted by molar-refractivity contribution is -0.360. The van der Waals surface area contributed by atoms with E-state index in [0.29, 0.717) is 0 Å². The highest BCUT2D eigenvalue weighted by atomic mass is 19.4. The predicted molar refractivity (Wildman–Crippen MR) is 22.7 cm³/mol. The average Bonchev–Trinajstić information content (AvgIpc) is 1.76. The number of hydrogen-bond donors (Lipinski definition) is 1. The Bertz CT molecular complexity index is 193. The smallest absolute Gasteiger partial charge is 0.374 e. The van der Waals surface area contributed by atoms with Gasteiger partial charge in [-0.05, 0) is 6.85 Å². The van der Waals surface area contributed by atoms with Gasteiger partial charge in [-0.3, -0.25) is 0 Å². The van der Waals surface area contributed by atoms with Gasteiger partial charge >= 0.3 is 12.4 Å². The highest BCUT2D eigenvalue weighted by Gasteiger charge is 2.67. The van der Waals surface area contributed by atoms with Crippen LogP contribution in [0.2, 0.25) is 0 Å². The molecule has 0 heterocycles. The third-order valence-electron chi connectivity index (χ3n) is 0.798. The van der Waals surface area contributed by atoms with Crippen LogP contribution >= 0.6 is 0 Å². The summed E-state index contributed by atoms with van der Waals surface area (Å²) in [6.07, 6.45) is -12.5. The molecule has 68 valence electrons. The quantitative estimate of drug-likeness (QED) is 0.619. The summed E-state index contributed by atoms with van der Waals surface area (Å²) in [4.78, 5) is 0. The van der Waals surface area contributed by atoms with Crippen LogP contribution in [0.4, 0.5) is 26.3 Å². The third-order valence-corrected chi connectivity index (χ3v) is 0.798. The van der Waals surface area contributed by atoms with E-state index in [1.807, 2.05) is 0 Å². The van der Waals surface area contributed by atoms with E-state index in [1.54, 1.807) is 0 Å². The molecule has 0 aliphatic carbocycles. The zero-order valence-electron chi connectivity index (χ0n) is 8.68. The summed E-state index contributed by atoms with van der Waals surface area (Å²) in [5, 5.41) is 2.47. The van der Waals surface area contributed by atoms with Gasteiger partial charge in [0.1, 0.15) is 0 Å². The average molecular weight is 186 g/mol. The molecule has 11 heavy (non-hydrogen) atoms. The van der Waals surface area contributed by atoms with E-state index in [9.17, 15) is 26.3 Å². The second kappa shape index (κ2) is 2.26. The molecular weight excluding hydrogens is 178 g/mol. The largest absolute Gasteiger partial charge is 0.425 e. The summed E-state index contributed by atoms with van der Waals surface area (Å²) in [5.74, 6) is 0. The minimum atomic E-state index is -6.27. The molecule has 0 aliphatic heterocycles. The molecule has 0 aliphatic rings. The molecule has 0 radical (unpaired) electrons. The summed E-state index contributed by atoms with van der Waals surface area (Å²) in [6.45, 7) is -4.58. The van der Waals surface area contributed by atoms with E-state index in [0.717, 1.165) is 0 Å². The lowest BCUT2D eigenvalue weighted by atomic mass is 10.1. The second-order valence-electron chi connectivity index (χ2n) is 1.68. The van der Waals surface area contributed by atoms with Crippen LogP contribution in [0.15, 0.2) is 0 Å². The van der Waals surface area contributed by atoms with E-state index < -0.39 is 24.8 Å². The fourth-order valence-electron chi connectivity index (χ4n) is 0.161. The van der Waals surface area contributed by atoms with Gasteiger partial charge in [-0.15, -0.1) is 0 Å². The monoisotopic (exact) mass is 186 g/mol. The van der Waals surface area contributed by atoms with E-state index in [4.69, 9.17) is 5.54 Å². The minimum absolute atomic E-state index is 2.47. The van der Waals surface area contributed by atoms with Crippen molar-refractivity contribution < 1.29 is 35.6 Å². The Kier molecular flexibility index (Phi) is 1.08. The standard InChI is InChI=1S/C4H4F6O/c1-2(11,3(5,6)7)4(8,9)10/h11H,1H3/i1D3,11D. The molecular formula is C4H4F6O. The SMILES string of the molecule is [2H]OC(C([2H])([2H])[2H])(C(F)(F)F)C(F)(F)F. The summed E-state index contributed by atoms with van der Waals surface area (Å²) < 4.78 is 96.6. The van der Waals surface area contributed by atoms with Gasteiger partial charge in [0.25, 0.3) is 5.60 Å². The molecule has 0 aromatic rings. The summed E-state index contributed by atoms with van der Waals surface area (Å²) in [6, 6.07) is 0. The Balaban J connectivity index is 5.78. The van der Waals surface area contributed by atoms with Crippen molar-refractivity contribution in [1.29, 1.82) is 1.43 Å². The molecule has 0 fully saturated rings. The van der Waals surface area contributed by atoms with Crippen LogP contribution in [0.25, 0.3) is 0 Å². The van der Waals surface area contributed by atoms with Crippen molar-refractivity contribution in [2.24, 2.45) is 0 Å². The fraction of sp³-hybridized carbons (Fsp3) is 1.00. The van der Waals surface area contributed by atoms with Crippen molar-refractivity contribution in [3.05, 3.63) is 0 Å². The zero-order valence-corrected chi connectivity index (χ0v) is 4.68. The Morgan fingerprint density at radius 3 is 1.45 bits per heavy atom. The van der Waals surface area contributed by atoms with Crippen LogP contribution in [0.5, 0.6) is 0 Å². The van der Waals surface area contributed by atoms with E-state index in [-0.39, 0.29) is 0 Å². The second-order valence-corrected chi connectivity index (χ2v) is 1.68. The van der Waals surface area contributed by atoms with E-state index in [1.165, 1.54) is 0 Å². The molecule has 0 spiro atoms. The summed E-state index contributed by atoms with van der Waals surface area (Å²) >= 11 is 0. The molecule has 1 N–H and O–H groups in total.